The molecule has 3 aromatic heterocycles. The molecule has 0 amide bonds. The molecule has 4 N–H and O–H groups in total. The summed E-state index contributed by atoms with van der Waals surface area (Å²) in [6, 6.07) is 9.68. The van der Waals surface area contributed by atoms with Crippen molar-refractivity contribution in [3.63, 3.8) is 0 Å². The van der Waals surface area contributed by atoms with Gasteiger partial charge < -0.3 is 11.5 Å². The molecule has 0 atom stereocenters. The largest absolute Gasteiger partial charge is 0.382 e. The summed E-state index contributed by atoms with van der Waals surface area (Å²) < 4.78 is 44.9. The van der Waals surface area contributed by atoms with E-state index in [1.54, 1.807) is 41.2 Å². The van der Waals surface area contributed by atoms with Gasteiger partial charge in [0, 0.05) is 31.9 Å². The van der Waals surface area contributed by atoms with Crippen molar-refractivity contribution in [3.05, 3.63) is 54.0 Å². The van der Waals surface area contributed by atoms with Crippen LogP contribution in [0.1, 0.15) is 31.2 Å². The summed E-state index contributed by atoms with van der Waals surface area (Å²) in [5, 5.41) is 5.24. The summed E-state index contributed by atoms with van der Waals surface area (Å²) in [6.45, 7) is 0.139. The minimum absolute atomic E-state index is 0.0672. The number of pyridine rings is 1. The lowest BCUT2D eigenvalue weighted by Gasteiger charge is -2.33. The molecule has 194 valence electrons. The first-order chi connectivity index (χ1) is 17.7. The summed E-state index contributed by atoms with van der Waals surface area (Å²) in [7, 11) is -0.989. The van der Waals surface area contributed by atoms with E-state index in [0.29, 0.717) is 35.1 Å². The van der Waals surface area contributed by atoms with Crippen molar-refractivity contribution in [1.82, 2.24) is 29.0 Å². The summed E-state index contributed by atoms with van der Waals surface area (Å²) in [6.07, 6.45) is 4.79. The maximum Gasteiger partial charge on any atom is 0.304 e. The third kappa shape index (κ3) is 4.44. The third-order valence-corrected chi connectivity index (χ3v) is 8.42. The predicted octanol–water partition coefficient (Wildman–Crippen LogP) is 2.80. The second-order valence-electron chi connectivity index (χ2n) is 9.16. The zero-order chi connectivity index (χ0) is 26.3. The Kier molecular flexibility index (Phi) is 6.42. The molecule has 0 saturated heterocycles. The standard InChI is InChI=1S/C24H28FN9O2S/c1-32(2)37(35,36)34(16-9-4-5-10-16)20-21(26)29-23(30-22(20)27)19-17-11-7-13-28-24(17)33(31-19)14-15-8-3-6-12-18(15)25/h3,6-8,11-13,16H,4-5,9-10,14H2,1-2H3,(H4,26,27,29,30). The lowest BCUT2D eigenvalue weighted by atomic mass is 10.2. The second kappa shape index (κ2) is 9.56. The lowest BCUT2D eigenvalue weighted by molar-refractivity contribution is 0.504. The van der Waals surface area contributed by atoms with E-state index in [1.807, 2.05) is 0 Å². The molecule has 0 aliphatic heterocycles. The van der Waals surface area contributed by atoms with Gasteiger partial charge in [0.05, 0.1) is 11.9 Å². The van der Waals surface area contributed by atoms with Gasteiger partial charge in [0.2, 0.25) is 0 Å². The molecule has 3 heterocycles. The molecule has 4 aromatic rings. The Morgan fingerprint density at radius 2 is 1.73 bits per heavy atom. The number of anilines is 3. The summed E-state index contributed by atoms with van der Waals surface area (Å²) in [5.74, 6) is -0.370. The number of nitrogens with zero attached hydrogens (tertiary/aromatic N) is 7. The van der Waals surface area contributed by atoms with Crippen molar-refractivity contribution in [3.8, 4) is 11.5 Å². The molecule has 0 radical (unpaired) electrons. The minimum atomic E-state index is -3.91. The van der Waals surface area contributed by atoms with Crippen LogP contribution in [0.2, 0.25) is 0 Å². The number of fused-ring (bicyclic) bond motifs is 1. The third-order valence-electron chi connectivity index (χ3n) is 6.52. The molecular weight excluding hydrogens is 497 g/mol. The van der Waals surface area contributed by atoms with Gasteiger partial charge in [-0.25, -0.2) is 28.3 Å². The van der Waals surface area contributed by atoms with Crippen LogP contribution >= 0.6 is 0 Å². The van der Waals surface area contributed by atoms with Gasteiger partial charge in [-0.1, -0.05) is 31.0 Å². The fraction of sp³-hybridized carbons (Fsp3) is 0.333. The molecule has 1 fully saturated rings. The smallest absolute Gasteiger partial charge is 0.304 e. The first-order valence-electron chi connectivity index (χ1n) is 11.9. The van der Waals surface area contributed by atoms with Crippen LogP contribution < -0.4 is 15.8 Å². The Labute approximate surface area is 214 Å². The highest BCUT2D eigenvalue weighted by Gasteiger charge is 2.37. The highest BCUT2D eigenvalue weighted by atomic mass is 32.2. The first kappa shape index (κ1) is 24.8. The van der Waals surface area contributed by atoms with Crippen molar-refractivity contribution in [1.29, 1.82) is 0 Å². The molecule has 13 heteroatoms. The van der Waals surface area contributed by atoms with E-state index < -0.39 is 10.2 Å². The normalized spacial score (nSPS) is 14.6. The minimum Gasteiger partial charge on any atom is -0.382 e. The van der Waals surface area contributed by atoms with Crippen LogP contribution in [0.5, 0.6) is 0 Å². The molecule has 5 rings (SSSR count). The second-order valence-corrected chi connectivity index (χ2v) is 11.2. The van der Waals surface area contributed by atoms with Crippen LogP contribution in [-0.4, -0.2) is 57.6 Å². The van der Waals surface area contributed by atoms with Gasteiger partial charge in [0.1, 0.15) is 17.2 Å². The lowest BCUT2D eigenvalue weighted by Crippen LogP contribution is -2.46. The van der Waals surface area contributed by atoms with E-state index in [-0.39, 0.29) is 41.6 Å². The van der Waals surface area contributed by atoms with E-state index in [9.17, 15) is 12.8 Å². The number of halogens is 1. The number of nitrogens with two attached hydrogens (primary N) is 2. The number of aromatic nitrogens is 5. The van der Waals surface area contributed by atoms with E-state index in [1.165, 1.54) is 24.5 Å². The fourth-order valence-corrected chi connectivity index (χ4v) is 6.05. The summed E-state index contributed by atoms with van der Waals surface area (Å²) >= 11 is 0. The Morgan fingerprint density at radius 1 is 1.05 bits per heavy atom. The van der Waals surface area contributed by atoms with Crippen LogP contribution in [0, 0.1) is 5.82 Å². The highest BCUT2D eigenvalue weighted by Crippen LogP contribution is 2.38. The van der Waals surface area contributed by atoms with Crippen LogP contribution in [0.4, 0.5) is 21.7 Å². The quantitative estimate of drug-likeness (QED) is 0.374. The zero-order valence-corrected chi connectivity index (χ0v) is 21.4. The number of hydrogen-bond donors (Lipinski definition) is 2. The highest BCUT2D eigenvalue weighted by molar-refractivity contribution is 7.90. The Morgan fingerprint density at radius 3 is 2.38 bits per heavy atom. The molecule has 0 bridgehead atoms. The molecular formula is C24H28FN9O2S. The van der Waals surface area contributed by atoms with Crippen LogP contribution in [0.25, 0.3) is 22.6 Å². The van der Waals surface area contributed by atoms with Crippen molar-refractivity contribution in [2.45, 2.75) is 38.3 Å². The topological polar surface area (TPSA) is 149 Å². The summed E-state index contributed by atoms with van der Waals surface area (Å²) in [4.78, 5) is 13.3. The van der Waals surface area contributed by atoms with Gasteiger partial charge in [0.15, 0.2) is 23.1 Å². The predicted molar refractivity (Wildman–Crippen MR) is 140 cm³/mol. The van der Waals surface area contributed by atoms with Crippen molar-refractivity contribution in [2.75, 3.05) is 29.9 Å². The molecule has 11 nitrogen and oxygen atoms in total. The number of rotatable bonds is 7. The monoisotopic (exact) mass is 525 g/mol. The van der Waals surface area contributed by atoms with Crippen molar-refractivity contribution >= 4 is 38.6 Å². The van der Waals surface area contributed by atoms with Crippen LogP contribution in [0.3, 0.4) is 0 Å². The SMILES string of the molecule is CN(C)S(=O)(=O)N(c1c(N)nc(-c2nn(Cc3ccccc3F)c3ncccc23)nc1N)C1CCCC1. The van der Waals surface area contributed by atoms with E-state index >= 15 is 0 Å². The Balaban J connectivity index is 1.62. The number of nitrogen functional groups attached to an aromatic ring is 2. The van der Waals surface area contributed by atoms with Crippen molar-refractivity contribution in [2.24, 2.45) is 0 Å². The van der Waals surface area contributed by atoms with Crippen LogP contribution in [-0.2, 0) is 16.8 Å². The number of hydrogen-bond acceptors (Lipinski definition) is 8. The average Bonchev–Trinajstić information content (AvgIpc) is 3.51. The van der Waals surface area contributed by atoms with E-state index in [4.69, 9.17) is 11.5 Å². The fourth-order valence-electron chi connectivity index (χ4n) is 4.70. The summed E-state index contributed by atoms with van der Waals surface area (Å²) in [5.41, 5.74) is 14.1. The zero-order valence-electron chi connectivity index (χ0n) is 20.5. The molecule has 37 heavy (non-hydrogen) atoms. The first-order valence-corrected chi connectivity index (χ1v) is 13.3. The van der Waals surface area contributed by atoms with Gasteiger partial charge in [-0.2, -0.15) is 17.8 Å². The molecule has 1 aliphatic rings. The average molecular weight is 526 g/mol. The molecule has 0 unspecified atom stereocenters. The van der Waals surface area contributed by atoms with Gasteiger partial charge in [-0.05, 0) is 31.0 Å². The Hall–Kier alpha value is -3.84. The van der Waals surface area contributed by atoms with E-state index in [0.717, 1.165) is 17.1 Å². The van der Waals surface area contributed by atoms with Crippen molar-refractivity contribution < 1.29 is 12.8 Å². The molecule has 0 spiro atoms. The van der Waals surface area contributed by atoms with Crippen LogP contribution in [0.15, 0.2) is 42.6 Å². The van der Waals surface area contributed by atoms with E-state index in [2.05, 4.69) is 20.1 Å². The molecule has 1 saturated carbocycles. The van der Waals surface area contributed by atoms with Gasteiger partial charge >= 0.3 is 10.2 Å². The van der Waals surface area contributed by atoms with Gasteiger partial charge in [-0.15, -0.1) is 0 Å². The van der Waals surface area contributed by atoms with Gasteiger partial charge in [-0.3, -0.25) is 0 Å². The Bertz CT molecular complexity index is 1540. The maximum absolute atomic E-state index is 14.3. The maximum atomic E-state index is 14.3. The number of benzene rings is 1. The molecule has 1 aliphatic carbocycles. The van der Waals surface area contributed by atoms with Gasteiger partial charge in [0.25, 0.3) is 0 Å². The molecule has 1 aromatic carbocycles.